The lowest BCUT2D eigenvalue weighted by molar-refractivity contribution is -0.414. The van der Waals surface area contributed by atoms with Crippen LogP contribution in [0.15, 0.2) is 29.4 Å². The second-order valence-corrected chi connectivity index (χ2v) is 4.19. The number of nitrogens with one attached hydrogen (secondary N) is 1. The van der Waals surface area contributed by atoms with Gasteiger partial charge >= 0.3 is 10.9 Å². The number of H-pyrrole nitrogens is 1. The van der Waals surface area contributed by atoms with Crippen molar-refractivity contribution in [2.24, 2.45) is 0 Å². The average Bonchev–Trinajstić information content (AvgIpc) is 2.77. The van der Waals surface area contributed by atoms with Crippen LogP contribution in [0.1, 0.15) is 0 Å². The van der Waals surface area contributed by atoms with Gasteiger partial charge in [0.15, 0.2) is 0 Å². The van der Waals surface area contributed by atoms with E-state index in [1.165, 1.54) is 0 Å². The molecule has 2 rings (SSSR count). The zero-order chi connectivity index (χ0) is 14.9. The summed E-state index contributed by atoms with van der Waals surface area (Å²) in [6.45, 7) is 3.72. The van der Waals surface area contributed by atoms with Crippen LogP contribution in [0.3, 0.4) is 0 Å². The molecule has 0 spiro atoms. The maximum absolute atomic E-state index is 11.0. The normalized spacial score (nSPS) is 13.3. The van der Waals surface area contributed by atoms with Gasteiger partial charge in [-0.05, 0) is 29.0 Å². The SMILES string of the molecule is C=c1ccc2n/c(=C(/C=C(\Cl)[N+](=O)[O-])[N+](=O)[O-])[nH]c2c1. The first-order valence-corrected chi connectivity index (χ1v) is 5.61. The Balaban J connectivity index is 2.77. The molecule has 102 valence electrons. The van der Waals surface area contributed by atoms with Crippen LogP contribution < -0.4 is 10.7 Å². The van der Waals surface area contributed by atoms with E-state index >= 15 is 0 Å². The highest BCUT2D eigenvalue weighted by Crippen LogP contribution is 2.09. The lowest BCUT2D eigenvalue weighted by Gasteiger charge is -1.88. The average molecular weight is 295 g/mol. The van der Waals surface area contributed by atoms with Crippen molar-refractivity contribution in [1.82, 2.24) is 9.97 Å². The van der Waals surface area contributed by atoms with Gasteiger partial charge in [0.2, 0.25) is 5.48 Å². The topological polar surface area (TPSA) is 115 Å². The second-order valence-electron chi connectivity index (χ2n) is 3.80. The molecule has 0 amide bonds. The molecule has 8 nitrogen and oxygen atoms in total. The van der Waals surface area contributed by atoms with Gasteiger partial charge in [0.05, 0.1) is 20.9 Å². The molecule has 0 aliphatic heterocycles. The van der Waals surface area contributed by atoms with E-state index in [9.17, 15) is 20.2 Å². The van der Waals surface area contributed by atoms with Crippen LogP contribution in [-0.2, 0) is 0 Å². The molecule has 0 unspecified atom stereocenters. The predicted molar refractivity (Wildman–Crippen MR) is 72.2 cm³/mol. The van der Waals surface area contributed by atoms with Gasteiger partial charge < -0.3 is 4.98 Å². The minimum atomic E-state index is -0.929. The van der Waals surface area contributed by atoms with Crippen molar-refractivity contribution in [3.63, 3.8) is 0 Å². The Kier molecular flexibility index (Phi) is 3.49. The minimum absolute atomic E-state index is 0.115. The minimum Gasteiger partial charge on any atom is -0.333 e. The molecule has 20 heavy (non-hydrogen) atoms. The van der Waals surface area contributed by atoms with E-state index in [-0.39, 0.29) is 5.48 Å². The van der Waals surface area contributed by atoms with Crippen molar-refractivity contribution in [3.8, 4) is 0 Å². The Morgan fingerprint density at radius 2 is 2.05 bits per heavy atom. The Bertz CT molecular complexity index is 855. The van der Waals surface area contributed by atoms with E-state index in [1.807, 2.05) is 0 Å². The predicted octanol–water partition coefficient (Wildman–Crippen LogP) is 0.715. The van der Waals surface area contributed by atoms with E-state index < -0.39 is 20.7 Å². The molecule has 1 N–H and O–H groups in total. The number of aromatic amines is 1. The highest BCUT2D eigenvalue weighted by molar-refractivity contribution is 6.28. The number of fused-ring (bicyclic) bond motifs is 1. The number of benzene rings is 1. The van der Waals surface area contributed by atoms with Crippen molar-refractivity contribution >= 4 is 34.9 Å². The number of nitrogens with zero attached hydrogens (tertiary/aromatic N) is 3. The van der Waals surface area contributed by atoms with Gasteiger partial charge in [0.25, 0.3) is 0 Å². The molecule has 1 heterocycles. The molecule has 0 radical (unpaired) electrons. The third-order valence-electron chi connectivity index (χ3n) is 2.42. The van der Waals surface area contributed by atoms with Crippen LogP contribution in [0.25, 0.3) is 23.3 Å². The third-order valence-corrected chi connectivity index (χ3v) is 2.66. The summed E-state index contributed by atoms with van der Waals surface area (Å²) in [6.07, 6.45) is 0.643. The first-order chi connectivity index (χ1) is 9.38. The fourth-order valence-electron chi connectivity index (χ4n) is 1.55. The summed E-state index contributed by atoms with van der Waals surface area (Å²) < 4.78 is 0. The van der Waals surface area contributed by atoms with E-state index in [1.54, 1.807) is 18.2 Å². The Morgan fingerprint density at radius 3 is 2.65 bits per heavy atom. The number of halogens is 1. The lowest BCUT2D eigenvalue weighted by Crippen LogP contribution is -2.15. The largest absolute Gasteiger partial charge is 0.344 e. The van der Waals surface area contributed by atoms with E-state index in [0.717, 1.165) is 0 Å². The summed E-state index contributed by atoms with van der Waals surface area (Å²) in [7, 11) is 0. The van der Waals surface area contributed by atoms with Gasteiger partial charge in [-0.1, -0.05) is 12.6 Å². The van der Waals surface area contributed by atoms with Gasteiger partial charge in [-0.25, -0.2) is 4.98 Å². The van der Waals surface area contributed by atoms with Crippen molar-refractivity contribution in [2.45, 2.75) is 0 Å². The first-order valence-electron chi connectivity index (χ1n) is 5.23. The van der Waals surface area contributed by atoms with Crippen LogP contribution in [0.4, 0.5) is 0 Å². The summed E-state index contributed by atoms with van der Waals surface area (Å²) in [4.78, 5) is 26.4. The standard InChI is InChI=1S/C11H7ClN4O4/c1-6-2-3-7-8(4-6)14-11(13-7)9(15(17)18)5-10(12)16(19)20/h2-5,14H,1H2/b10-5+,11-9+. The van der Waals surface area contributed by atoms with E-state index in [0.29, 0.717) is 22.3 Å². The van der Waals surface area contributed by atoms with Crippen molar-refractivity contribution in [3.05, 3.63) is 60.4 Å². The monoisotopic (exact) mass is 294 g/mol. The maximum atomic E-state index is 11.0. The summed E-state index contributed by atoms with van der Waals surface area (Å²) in [5.74, 6) is 0. The lowest BCUT2D eigenvalue weighted by atomic mass is 10.3. The highest BCUT2D eigenvalue weighted by atomic mass is 35.5. The van der Waals surface area contributed by atoms with E-state index in [4.69, 9.17) is 11.6 Å². The van der Waals surface area contributed by atoms with Crippen LogP contribution in [-0.4, -0.2) is 19.8 Å². The van der Waals surface area contributed by atoms with Crippen molar-refractivity contribution < 1.29 is 9.85 Å². The van der Waals surface area contributed by atoms with Gasteiger partial charge in [-0.2, -0.15) is 0 Å². The zero-order valence-electron chi connectivity index (χ0n) is 9.87. The number of hydrogen-bond acceptors (Lipinski definition) is 5. The molecule has 0 aliphatic rings. The van der Waals surface area contributed by atoms with Gasteiger partial charge in [0.1, 0.15) is 6.08 Å². The van der Waals surface area contributed by atoms with Crippen LogP contribution >= 0.6 is 11.6 Å². The summed E-state index contributed by atoms with van der Waals surface area (Å²) in [6, 6.07) is 4.98. The number of nitro groups is 2. The van der Waals surface area contributed by atoms with Crippen molar-refractivity contribution in [2.75, 3.05) is 0 Å². The molecule has 0 bridgehead atoms. The molecule has 2 aromatic rings. The molecule has 0 fully saturated rings. The van der Waals surface area contributed by atoms with Crippen LogP contribution in [0, 0.1) is 20.2 Å². The molecular weight excluding hydrogens is 288 g/mol. The third kappa shape index (κ3) is 2.64. The summed E-state index contributed by atoms with van der Waals surface area (Å²) in [5, 5.41) is 21.2. The number of imidazole rings is 1. The zero-order valence-corrected chi connectivity index (χ0v) is 10.6. The van der Waals surface area contributed by atoms with Gasteiger partial charge in [-0.3, -0.25) is 20.2 Å². The molecule has 0 atom stereocenters. The molecule has 1 aromatic carbocycles. The smallest absolute Gasteiger partial charge is 0.333 e. The number of hydrogen-bond donors (Lipinski definition) is 1. The van der Waals surface area contributed by atoms with Crippen molar-refractivity contribution in [1.29, 1.82) is 0 Å². The van der Waals surface area contributed by atoms with Crippen LogP contribution in [0.2, 0.25) is 0 Å². The molecular formula is C11H7ClN4O4. The van der Waals surface area contributed by atoms with Crippen LogP contribution in [0.5, 0.6) is 0 Å². The van der Waals surface area contributed by atoms with E-state index in [2.05, 4.69) is 16.5 Å². The summed E-state index contributed by atoms with van der Waals surface area (Å²) in [5.41, 5.74) is 0.318. The molecule has 0 saturated carbocycles. The number of rotatable bonds is 3. The van der Waals surface area contributed by atoms with Gasteiger partial charge in [-0.15, -0.1) is 0 Å². The number of aromatic nitrogens is 2. The fraction of sp³-hybridized carbons (Fsp3) is 0. The quantitative estimate of drug-likeness (QED) is 0.508. The molecule has 0 saturated heterocycles. The Labute approximate surface area is 116 Å². The Morgan fingerprint density at radius 1 is 1.35 bits per heavy atom. The Hall–Kier alpha value is -2.74. The molecule has 0 aliphatic carbocycles. The summed E-state index contributed by atoms with van der Waals surface area (Å²) >= 11 is 5.31. The first kappa shape index (κ1) is 13.7. The highest BCUT2D eigenvalue weighted by Gasteiger charge is 2.18. The fourth-order valence-corrected chi connectivity index (χ4v) is 1.65. The second kappa shape index (κ2) is 5.10. The molecule has 1 aromatic heterocycles. The maximum Gasteiger partial charge on any atom is 0.344 e. The molecule has 9 heteroatoms. The van der Waals surface area contributed by atoms with Gasteiger partial charge in [0, 0.05) is 0 Å².